The molecule has 2 unspecified atom stereocenters. The first-order chi connectivity index (χ1) is 6.26. The molecule has 2 saturated heterocycles. The van der Waals surface area contributed by atoms with E-state index in [1.165, 1.54) is 0 Å². The summed E-state index contributed by atoms with van der Waals surface area (Å²) in [5.41, 5.74) is -0.429. The van der Waals surface area contributed by atoms with Crippen LogP contribution in [0.2, 0.25) is 0 Å². The molecule has 1 N–H and O–H groups in total. The van der Waals surface area contributed by atoms with Crippen molar-refractivity contribution < 1.29 is 14.3 Å². The van der Waals surface area contributed by atoms with Crippen molar-refractivity contribution in [2.24, 2.45) is 0 Å². The van der Waals surface area contributed by atoms with Crippen LogP contribution in [0, 0.1) is 0 Å². The lowest BCUT2D eigenvalue weighted by Crippen LogP contribution is -2.41. The van der Waals surface area contributed by atoms with Gasteiger partial charge in [0.2, 0.25) is 0 Å². The first-order valence-corrected chi connectivity index (χ1v) is 5.59. The van der Waals surface area contributed by atoms with E-state index in [2.05, 4.69) is 5.32 Å². The number of nitrogens with one attached hydrogen (secondary N) is 1. The molecule has 13 heavy (non-hydrogen) atoms. The van der Waals surface area contributed by atoms with Gasteiger partial charge in [-0.25, -0.2) is 0 Å². The first kappa shape index (κ1) is 9.53. The third kappa shape index (κ3) is 1.77. The quantitative estimate of drug-likeness (QED) is 0.621. The van der Waals surface area contributed by atoms with Gasteiger partial charge in [0.05, 0.1) is 19.0 Å². The molecule has 2 aliphatic heterocycles. The van der Waals surface area contributed by atoms with Gasteiger partial charge < -0.3 is 14.8 Å². The maximum absolute atomic E-state index is 11.4. The second-order valence-electron chi connectivity index (χ2n) is 3.28. The first-order valence-electron chi connectivity index (χ1n) is 4.51. The molecule has 2 aliphatic rings. The largest absolute Gasteiger partial charge is 0.344 e. The van der Waals surface area contributed by atoms with Crippen LogP contribution in [0.5, 0.6) is 0 Å². The summed E-state index contributed by atoms with van der Waals surface area (Å²) in [7, 11) is 2.20. The lowest BCUT2D eigenvalue weighted by atomic mass is 10.2. The Morgan fingerprint density at radius 3 is 2.85 bits per heavy atom. The van der Waals surface area contributed by atoms with E-state index in [0.29, 0.717) is 28.2 Å². The van der Waals surface area contributed by atoms with E-state index >= 15 is 0 Å². The van der Waals surface area contributed by atoms with Crippen LogP contribution in [0.15, 0.2) is 0 Å². The molecule has 0 saturated carbocycles. The highest BCUT2D eigenvalue weighted by Crippen LogP contribution is 2.47. The number of ether oxygens (including phenoxy) is 2. The van der Waals surface area contributed by atoms with Gasteiger partial charge >= 0.3 is 0 Å². The van der Waals surface area contributed by atoms with Gasteiger partial charge in [0.1, 0.15) is 0 Å². The van der Waals surface area contributed by atoms with Crippen molar-refractivity contribution in [1.82, 2.24) is 5.32 Å². The highest BCUT2D eigenvalue weighted by Gasteiger charge is 2.44. The Balaban J connectivity index is 2.05. The number of likely N-dealkylation sites (N-methyl/N-ethyl adjacent to an activating group) is 1. The van der Waals surface area contributed by atoms with E-state index in [0.717, 1.165) is 6.42 Å². The van der Waals surface area contributed by atoms with Crippen LogP contribution in [0.3, 0.4) is 0 Å². The average molecular weight is 203 g/mol. The molecule has 0 bridgehead atoms. The number of hydrogen-bond acceptors (Lipinski definition) is 4. The number of rotatable bonds is 1. The van der Waals surface area contributed by atoms with E-state index in [4.69, 9.17) is 9.47 Å². The Labute approximate surface area is 79.1 Å². The Hall–Kier alpha value is -0.0200. The summed E-state index contributed by atoms with van der Waals surface area (Å²) in [5, 5.41) is 3.01. The summed E-state index contributed by atoms with van der Waals surface area (Å²) in [5.74, 6) is 0.220. The minimum atomic E-state index is -0.429. The molecule has 2 atom stereocenters. The molecule has 2 fully saturated rings. The van der Waals surface area contributed by atoms with Crippen molar-refractivity contribution >= 4 is 14.4 Å². The zero-order valence-corrected chi connectivity index (χ0v) is 8.63. The van der Waals surface area contributed by atoms with Crippen LogP contribution in [0.1, 0.15) is 12.8 Å². The number of ketones is 1. The molecule has 0 aliphatic carbocycles. The summed E-state index contributed by atoms with van der Waals surface area (Å²) >= 11 is 0. The zero-order valence-electron chi connectivity index (χ0n) is 7.63. The maximum Gasteiger partial charge on any atom is 0.186 e. The molecule has 1 spiro atoms. The molecule has 2 heterocycles. The Bertz CT molecular complexity index is 215. The summed E-state index contributed by atoms with van der Waals surface area (Å²) in [6, 6.07) is 0. The van der Waals surface area contributed by atoms with Crippen molar-refractivity contribution in [3.63, 3.8) is 0 Å². The van der Waals surface area contributed by atoms with Crippen LogP contribution in [-0.2, 0) is 14.3 Å². The minimum Gasteiger partial charge on any atom is -0.344 e. The van der Waals surface area contributed by atoms with Crippen LogP contribution < -0.4 is 5.32 Å². The topological polar surface area (TPSA) is 47.6 Å². The summed E-state index contributed by atoms with van der Waals surface area (Å²) in [6.07, 6.45) is 1.29. The fraction of sp³-hybridized carbons (Fsp3) is 0.875. The molecule has 0 aromatic rings. The standard InChI is InChI=1S/C8H14NO3P/c1-9-7-6(10)2-3-8(13-7)11-4-5-12-8/h7,9,13H,2-5H2,1H3. The lowest BCUT2D eigenvalue weighted by molar-refractivity contribution is -0.128. The Morgan fingerprint density at radius 2 is 2.23 bits per heavy atom. The van der Waals surface area contributed by atoms with E-state index in [-0.39, 0.29) is 11.6 Å². The van der Waals surface area contributed by atoms with E-state index in [1.54, 1.807) is 0 Å². The number of carbonyl (C=O) groups is 1. The molecule has 4 nitrogen and oxygen atoms in total. The molecule has 2 rings (SSSR count). The van der Waals surface area contributed by atoms with Gasteiger partial charge in [-0.2, -0.15) is 0 Å². The van der Waals surface area contributed by atoms with Crippen LogP contribution in [0.25, 0.3) is 0 Å². The number of Topliss-reactive ketones (excluding diaryl/α,β-unsaturated/α-hetero) is 1. The Morgan fingerprint density at radius 1 is 1.54 bits per heavy atom. The minimum absolute atomic E-state index is 0.0631. The highest BCUT2D eigenvalue weighted by atomic mass is 31.1. The van der Waals surface area contributed by atoms with E-state index in [9.17, 15) is 4.79 Å². The van der Waals surface area contributed by atoms with E-state index < -0.39 is 5.53 Å². The lowest BCUT2D eigenvalue weighted by Gasteiger charge is -2.34. The van der Waals surface area contributed by atoms with Crippen LogP contribution in [0.4, 0.5) is 0 Å². The summed E-state index contributed by atoms with van der Waals surface area (Å²) < 4.78 is 11.1. The molecule has 0 amide bonds. The molecule has 0 radical (unpaired) electrons. The smallest absolute Gasteiger partial charge is 0.186 e. The van der Waals surface area contributed by atoms with Crippen molar-refractivity contribution in [3.05, 3.63) is 0 Å². The number of hydrogen-bond donors (Lipinski definition) is 1. The van der Waals surface area contributed by atoms with Gasteiger partial charge in [0, 0.05) is 12.8 Å². The summed E-state index contributed by atoms with van der Waals surface area (Å²) in [6.45, 7) is 1.33. The average Bonchev–Trinajstić information content (AvgIpc) is 2.59. The molecular formula is C8H14NO3P. The Kier molecular flexibility index (Phi) is 2.65. The van der Waals surface area contributed by atoms with Gasteiger partial charge in [0.25, 0.3) is 0 Å². The fourth-order valence-corrected chi connectivity index (χ4v) is 3.25. The van der Waals surface area contributed by atoms with E-state index in [1.807, 2.05) is 7.05 Å². The fourth-order valence-electron chi connectivity index (χ4n) is 1.72. The molecule has 0 aromatic carbocycles. The second kappa shape index (κ2) is 3.62. The van der Waals surface area contributed by atoms with Gasteiger partial charge in [-0.05, 0) is 15.6 Å². The molecule has 74 valence electrons. The van der Waals surface area contributed by atoms with Gasteiger partial charge in [-0.15, -0.1) is 0 Å². The van der Waals surface area contributed by atoms with Gasteiger partial charge in [-0.3, -0.25) is 4.79 Å². The van der Waals surface area contributed by atoms with Crippen molar-refractivity contribution in [2.45, 2.75) is 24.2 Å². The highest BCUT2D eigenvalue weighted by molar-refractivity contribution is 7.41. The van der Waals surface area contributed by atoms with Crippen molar-refractivity contribution in [2.75, 3.05) is 20.3 Å². The van der Waals surface area contributed by atoms with Crippen molar-refractivity contribution in [1.29, 1.82) is 0 Å². The predicted molar refractivity (Wildman–Crippen MR) is 50.0 cm³/mol. The molecular weight excluding hydrogens is 189 g/mol. The van der Waals surface area contributed by atoms with Crippen LogP contribution >= 0.6 is 8.58 Å². The van der Waals surface area contributed by atoms with Crippen molar-refractivity contribution in [3.8, 4) is 0 Å². The second-order valence-corrected chi connectivity index (χ2v) is 4.91. The predicted octanol–water partition coefficient (Wildman–Crippen LogP) is 0.274. The SMILES string of the molecule is CNC1PC2(CCC1=O)OCCO2. The monoisotopic (exact) mass is 203 g/mol. The van der Waals surface area contributed by atoms with Gasteiger partial charge in [0.15, 0.2) is 11.3 Å². The van der Waals surface area contributed by atoms with Gasteiger partial charge in [-0.1, -0.05) is 0 Å². The normalized spacial score (nSPS) is 34.5. The zero-order chi connectivity index (χ0) is 9.31. The third-order valence-electron chi connectivity index (χ3n) is 2.43. The number of carbonyl (C=O) groups excluding carboxylic acids is 1. The third-order valence-corrected chi connectivity index (χ3v) is 4.31. The van der Waals surface area contributed by atoms with Crippen LogP contribution in [-0.4, -0.2) is 37.4 Å². The summed E-state index contributed by atoms with van der Waals surface area (Å²) in [4.78, 5) is 11.4. The molecule has 0 aromatic heterocycles. The molecule has 5 heteroatoms. The maximum atomic E-state index is 11.4.